The van der Waals surface area contributed by atoms with E-state index in [1.54, 1.807) is 36.4 Å². The second-order valence-electron chi connectivity index (χ2n) is 5.92. The van der Waals surface area contributed by atoms with Crippen molar-refractivity contribution >= 4 is 37.4 Å². The van der Waals surface area contributed by atoms with Crippen LogP contribution in [-0.4, -0.2) is 25.6 Å². The van der Waals surface area contributed by atoms with Gasteiger partial charge in [-0.3, -0.25) is 9.10 Å². The van der Waals surface area contributed by atoms with Gasteiger partial charge in [-0.2, -0.15) is 0 Å². The van der Waals surface area contributed by atoms with Crippen LogP contribution in [0.25, 0.3) is 0 Å². The molecule has 0 saturated heterocycles. The lowest BCUT2D eigenvalue weighted by Crippen LogP contribution is -2.37. The summed E-state index contributed by atoms with van der Waals surface area (Å²) in [6.45, 7) is 2.18. The number of ketones is 1. The van der Waals surface area contributed by atoms with E-state index in [2.05, 4.69) is 15.9 Å². The largest absolute Gasteiger partial charge is 0.298 e. The number of para-hydroxylation sites is 1. The van der Waals surface area contributed by atoms with Crippen molar-refractivity contribution in [1.29, 1.82) is 0 Å². The molecule has 2 aromatic carbocycles. The number of carbonyl (C=O) groups excluding carboxylic acids is 1. The number of fused-ring (bicyclic) bond motifs is 1. The molecular formula is C18H18BrNO3S. The molecule has 4 nitrogen and oxygen atoms in total. The lowest BCUT2D eigenvalue weighted by Gasteiger charge is -2.29. The summed E-state index contributed by atoms with van der Waals surface area (Å²) in [4.78, 5) is 12.1. The van der Waals surface area contributed by atoms with Gasteiger partial charge in [0.15, 0.2) is 5.78 Å². The summed E-state index contributed by atoms with van der Waals surface area (Å²) in [6, 6.07) is 14.0. The fourth-order valence-corrected chi connectivity index (χ4v) is 4.69. The third kappa shape index (κ3) is 3.26. The van der Waals surface area contributed by atoms with Crippen molar-refractivity contribution in [3.8, 4) is 0 Å². The van der Waals surface area contributed by atoms with Crippen LogP contribution in [0.2, 0.25) is 0 Å². The molecule has 126 valence electrons. The normalized spacial score (nSPS) is 18.7. The van der Waals surface area contributed by atoms with Crippen molar-refractivity contribution in [1.82, 2.24) is 0 Å². The van der Waals surface area contributed by atoms with Crippen molar-refractivity contribution in [2.24, 2.45) is 0 Å². The lowest BCUT2D eigenvalue weighted by atomic mass is 10.0. The Morgan fingerprint density at radius 3 is 2.46 bits per heavy atom. The Balaban J connectivity index is 2.10. The van der Waals surface area contributed by atoms with E-state index in [9.17, 15) is 13.2 Å². The highest BCUT2D eigenvalue weighted by molar-refractivity contribution is 9.10. The Bertz CT molecular complexity index is 862. The van der Waals surface area contributed by atoms with Crippen LogP contribution in [-0.2, 0) is 21.2 Å². The summed E-state index contributed by atoms with van der Waals surface area (Å²) >= 11 is 3.38. The van der Waals surface area contributed by atoms with Gasteiger partial charge in [0.1, 0.15) is 0 Å². The number of sulfonamides is 1. The Morgan fingerprint density at radius 1 is 1.08 bits per heavy atom. The first kappa shape index (κ1) is 17.2. The molecule has 24 heavy (non-hydrogen) atoms. The van der Waals surface area contributed by atoms with E-state index in [1.165, 1.54) is 4.31 Å². The van der Waals surface area contributed by atoms with E-state index in [1.807, 2.05) is 19.1 Å². The molecule has 3 rings (SSSR count). The number of carbonyl (C=O) groups is 1. The minimum Gasteiger partial charge on any atom is -0.298 e. The van der Waals surface area contributed by atoms with Gasteiger partial charge in [-0.15, -0.1) is 0 Å². The summed E-state index contributed by atoms with van der Waals surface area (Å²) in [5.41, 5.74) is 2.33. The van der Waals surface area contributed by atoms with Crippen LogP contribution in [0.4, 0.5) is 5.69 Å². The summed E-state index contributed by atoms with van der Waals surface area (Å²) < 4.78 is 27.7. The minimum atomic E-state index is -3.67. The summed E-state index contributed by atoms with van der Waals surface area (Å²) in [5, 5.41) is 0. The Morgan fingerprint density at radius 2 is 1.75 bits per heavy atom. The topological polar surface area (TPSA) is 54.5 Å². The first-order chi connectivity index (χ1) is 11.4. The average molecular weight is 408 g/mol. The van der Waals surface area contributed by atoms with E-state index >= 15 is 0 Å². The Labute approximate surface area is 150 Å². The third-order valence-electron chi connectivity index (χ3n) is 4.17. The van der Waals surface area contributed by atoms with Gasteiger partial charge < -0.3 is 0 Å². The minimum absolute atomic E-state index is 0.0785. The van der Waals surface area contributed by atoms with Crippen LogP contribution >= 0.6 is 15.9 Å². The smallest absolute Gasteiger partial charge is 0.264 e. The van der Waals surface area contributed by atoms with Crippen molar-refractivity contribution in [3.63, 3.8) is 0 Å². The average Bonchev–Trinajstić information content (AvgIpc) is 2.55. The number of nitrogens with zero attached hydrogens (tertiary/aromatic N) is 1. The van der Waals surface area contributed by atoms with Crippen molar-refractivity contribution < 1.29 is 13.2 Å². The maximum atomic E-state index is 13.1. The fraction of sp³-hybridized carbons (Fsp3) is 0.278. The molecule has 0 amide bonds. The van der Waals surface area contributed by atoms with Crippen LogP contribution in [0.3, 0.4) is 0 Å². The zero-order valence-corrected chi connectivity index (χ0v) is 15.7. The maximum absolute atomic E-state index is 13.1. The van der Waals surface area contributed by atoms with E-state index in [4.69, 9.17) is 0 Å². The van der Waals surface area contributed by atoms with Gasteiger partial charge in [-0.25, -0.2) is 8.42 Å². The predicted molar refractivity (Wildman–Crippen MR) is 98.2 cm³/mol. The van der Waals surface area contributed by atoms with Gasteiger partial charge >= 0.3 is 0 Å². The molecule has 0 saturated carbocycles. The number of hydrogen-bond donors (Lipinski definition) is 0. The van der Waals surface area contributed by atoms with Crippen molar-refractivity contribution in [3.05, 3.63) is 59.7 Å². The number of anilines is 1. The molecule has 1 aliphatic rings. The van der Waals surface area contributed by atoms with Crippen LogP contribution in [0.15, 0.2) is 53.4 Å². The number of benzene rings is 2. The quantitative estimate of drug-likeness (QED) is 0.716. The third-order valence-corrected chi connectivity index (χ3v) is 6.96. The van der Waals surface area contributed by atoms with Crippen LogP contribution in [0.5, 0.6) is 0 Å². The molecule has 0 fully saturated rings. The second kappa shape index (κ2) is 6.69. The molecule has 1 atom stereocenters. The highest BCUT2D eigenvalue weighted by Crippen LogP contribution is 2.31. The molecule has 0 aromatic heterocycles. The molecule has 0 bridgehead atoms. The van der Waals surface area contributed by atoms with Crippen molar-refractivity contribution in [2.45, 2.75) is 29.5 Å². The zero-order valence-electron chi connectivity index (χ0n) is 13.3. The molecule has 0 N–H and O–H groups in total. The second-order valence-corrected chi connectivity index (χ2v) is 8.89. The molecule has 0 aliphatic carbocycles. The van der Waals surface area contributed by atoms with Gasteiger partial charge in [0.25, 0.3) is 10.0 Å². The molecule has 1 heterocycles. The van der Waals surface area contributed by atoms with Gasteiger partial charge in [-0.1, -0.05) is 51.8 Å². The predicted octanol–water partition coefficient (Wildman–Crippen LogP) is 3.47. The molecule has 1 aliphatic heterocycles. The first-order valence-corrected chi connectivity index (χ1v) is 10.1. The standard InChI is InChI=1S/C18H18BrNO3S/c1-13-6-8-15(9-7-13)24(22,23)20-11-10-16(19)18(21)12-14-4-2-3-5-17(14)20/h2-9,16H,10-12H2,1H3. The number of rotatable bonds is 2. The molecule has 1 unspecified atom stereocenters. The SMILES string of the molecule is Cc1ccc(S(=O)(=O)N2CCC(Br)C(=O)Cc3ccccc32)cc1. The van der Waals surface area contributed by atoms with E-state index in [-0.39, 0.29) is 28.5 Å². The number of halogens is 1. The van der Waals surface area contributed by atoms with E-state index in [0.717, 1.165) is 11.1 Å². The van der Waals surface area contributed by atoms with Crippen molar-refractivity contribution in [2.75, 3.05) is 10.8 Å². The van der Waals surface area contributed by atoms with Crippen LogP contribution in [0, 0.1) is 6.92 Å². The first-order valence-electron chi connectivity index (χ1n) is 7.73. The molecule has 6 heteroatoms. The zero-order chi connectivity index (χ0) is 17.3. The lowest BCUT2D eigenvalue weighted by molar-refractivity contribution is -0.117. The maximum Gasteiger partial charge on any atom is 0.264 e. The number of aryl methyl sites for hydroxylation is 1. The Hall–Kier alpha value is -1.66. The summed E-state index contributed by atoms with van der Waals surface area (Å²) in [5.74, 6) is 0.0785. The molecular weight excluding hydrogens is 390 g/mol. The molecule has 0 radical (unpaired) electrons. The number of alkyl halides is 1. The summed E-state index contributed by atoms with van der Waals surface area (Å²) in [6.07, 6.45) is 0.671. The van der Waals surface area contributed by atoms with Gasteiger partial charge in [0.2, 0.25) is 0 Å². The van der Waals surface area contributed by atoms with E-state index < -0.39 is 10.0 Å². The molecule has 2 aromatic rings. The summed E-state index contributed by atoms with van der Waals surface area (Å²) in [7, 11) is -3.67. The highest BCUT2D eigenvalue weighted by Gasteiger charge is 2.30. The number of hydrogen-bond acceptors (Lipinski definition) is 3. The monoisotopic (exact) mass is 407 g/mol. The number of Topliss-reactive ketones (excluding diaryl/α,β-unsaturated/α-hetero) is 1. The Kier molecular flexibility index (Phi) is 4.78. The van der Waals surface area contributed by atoms with Crippen LogP contribution in [0.1, 0.15) is 17.5 Å². The van der Waals surface area contributed by atoms with Crippen LogP contribution < -0.4 is 4.31 Å². The van der Waals surface area contributed by atoms with Gasteiger partial charge in [0, 0.05) is 13.0 Å². The van der Waals surface area contributed by atoms with Gasteiger partial charge in [0.05, 0.1) is 15.4 Å². The fourth-order valence-electron chi connectivity index (χ4n) is 2.80. The van der Waals surface area contributed by atoms with E-state index in [0.29, 0.717) is 12.1 Å². The highest BCUT2D eigenvalue weighted by atomic mass is 79.9. The molecule has 0 spiro atoms. The van der Waals surface area contributed by atoms with Gasteiger partial charge in [-0.05, 0) is 37.1 Å².